The van der Waals surface area contributed by atoms with E-state index in [1.807, 2.05) is 0 Å². The van der Waals surface area contributed by atoms with Gasteiger partial charge in [-0.3, -0.25) is 0 Å². The van der Waals surface area contributed by atoms with Gasteiger partial charge in [0.1, 0.15) is 0 Å². The van der Waals surface area contributed by atoms with Crippen molar-refractivity contribution in [3.63, 3.8) is 0 Å². The average Bonchev–Trinajstić information content (AvgIpc) is 3.18. The zero-order chi connectivity index (χ0) is 33.8. The van der Waals surface area contributed by atoms with Crippen molar-refractivity contribution in [2.45, 2.75) is 0 Å². The second kappa shape index (κ2) is 28.1. The second-order valence-corrected chi connectivity index (χ2v) is 13.1. The molecule has 0 bridgehead atoms. The Kier molecular flexibility index (Phi) is 25.6. The molecule has 0 aliphatic carbocycles. The second-order valence-electron chi connectivity index (χ2n) is 8.68. The summed E-state index contributed by atoms with van der Waals surface area (Å²) in [6.07, 6.45) is 0. The van der Waals surface area contributed by atoms with Crippen molar-refractivity contribution in [3.05, 3.63) is 235 Å². The van der Waals surface area contributed by atoms with Crippen LogP contribution in [0.3, 0.4) is 0 Å². The Bertz CT molecular complexity index is 1230. The van der Waals surface area contributed by atoms with Gasteiger partial charge < -0.3 is 0 Å². The predicted molar refractivity (Wildman–Crippen MR) is 215 cm³/mol. The quantitative estimate of drug-likeness (QED) is 0.116. The fourth-order valence-electron chi connectivity index (χ4n) is 4.36. The van der Waals surface area contributed by atoms with Gasteiger partial charge in [-0.2, -0.15) is 0 Å². The monoisotopic (exact) mass is 831 g/mol. The maximum absolute atomic E-state index is 3.00. The smallest absolute Gasteiger partial charge is 0 e. The van der Waals surface area contributed by atoms with Crippen LogP contribution in [0.2, 0.25) is 0 Å². The Morgan fingerprint density at radius 2 is 0.319 bits per heavy atom. The molecule has 3 heteroatoms. The van der Waals surface area contributed by atoms with Crippen molar-refractivity contribution >= 4 is 47.7 Å². The molecule has 0 unspecified atom stereocenters. The normalized spacial score (nSPS) is 8.89. The Hall–Kier alpha value is -4.17. The van der Waals surface area contributed by atoms with E-state index in [0.29, 0.717) is 0 Å². The molecule has 0 spiro atoms. The summed E-state index contributed by atoms with van der Waals surface area (Å²) < 4.78 is 0. The third-order valence-corrected chi connectivity index (χ3v) is 11.0. The molecule has 0 saturated carbocycles. The van der Waals surface area contributed by atoms with Crippen molar-refractivity contribution < 1.29 is 21.1 Å². The molecule has 0 nitrogen and oxygen atoms in total. The molecular formula is C44H46P2Pt. The van der Waals surface area contributed by atoms with E-state index in [0.717, 1.165) is 0 Å². The van der Waals surface area contributed by atoms with Gasteiger partial charge in [-0.15, -0.1) is 52.6 Å². The van der Waals surface area contributed by atoms with Crippen LogP contribution in [-0.2, 0) is 21.1 Å². The van der Waals surface area contributed by atoms with Crippen molar-refractivity contribution in [1.29, 1.82) is 0 Å². The summed E-state index contributed by atoms with van der Waals surface area (Å²) >= 11 is 0. The van der Waals surface area contributed by atoms with E-state index in [4.69, 9.17) is 0 Å². The molecule has 0 fully saturated rings. The van der Waals surface area contributed by atoms with Gasteiger partial charge in [-0.1, -0.05) is 182 Å². The zero-order valence-corrected chi connectivity index (χ0v) is 31.2. The Morgan fingerprint density at radius 3 is 0.426 bits per heavy atom. The third-order valence-electron chi connectivity index (χ3n) is 6.09. The summed E-state index contributed by atoms with van der Waals surface area (Å²) in [4.78, 5) is 0. The molecule has 0 aliphatic heterocycles. The van der Waals surface area contributed by atoms with Crippen LogP contribution in [0.5, 0.6) is 0 Å². The number of rotatable bonds is 6. The maximum atomic E-state index is 3.00. The fourth-order valence-corrected chi connectivity index (χ4v) is 8.97. The van der Waals surface area contributed by atoms with Crippen molar-refractivity contribution in [3.8, 4) is 0 Å². The van der Waals surface area contributed by atoms with E-state index < -0.39 is 15.8 Å². The standard InChI is InChI=1S/2C18H15P.4C2H4.Pt/c2*1-4-10-16(11-5-1)19(17-12-6-2-7-13-17)18-14-8-3-9-15-18;4*1-2;/h2*1-15H;4*1-2H2;. The first kappa shape index (κ1) is 42.8. The number of benzene rings is 6. The topological polar surface area (TPSA) is 0 Å². The van der Waals surface area contributed by atoms with Crippen LogP contribution >= 0.6 is 15.8 Å². The van der Waals surface area contributed by atoms with Gasteiger partial charge in [0, 0.05) is 21.1 Å². The molecule has 242 valence electrons. The van der Waals surface area contributed by atoms with Gasteiger partial charge in [0.05, 0.1) is 0 Å². The van der Waals surface area contributed by atoms with E-state index in [9.17, 15) is 0 Å². The van der Waals surface area contributed by atoms with Gasteiger partial charge in [-0.25, -0.2) is 0 Å². The Labute approximate surface area is 301 Å². The minimum Gasteiger partial charge on any atom is -0.106 e. The Morgan fingerprint density at radius 1 is 0.213 bits per heavy atom. The van der Waals surface area contributed by atoms with Crippen LogP contribution in [0.25, 0.3) is 0 Å². The molecular weight excluding hydrogens is 786 g/mol. The first-order valence-electron chi connectivity index (χ1n) is 14.8. The van der Waals surface area contributed by atoms with Crippen LogP contribution in [0.1, 0.15) is 0 Å². The van der Waals surface area contributed by atoms with E-state index in [-0.39, 0.29) is 21.1 Å². The predicted octanol–water partition coefficient (Wildman–Crippen LogP) is 10.1. The number of hydrogen-bond acceptors (Lipinski definition) is 0. The van der Waals surface area contributed by atoms with E-state index in [1.165, 1.54) is 31.8 Å². The van der Waals surface area contributed by atoms with Gasteiger partial charge >= 0.3 is 0 Å². The summed E-state index contributed by atoms with van der Waals surface area (Å²) in [6, 6.07) is 64.7. The van der Waals surface area contributed by atoms with Gasteiger partial charge in [0.25, 0.3) is 0 Å². The Balaban J connectivity index is 0.000000731. The first-order chi connectivity index (χ1) is 22.9. The SMILES string of the molecule is C=C.C=C.C=C.C=C.[Pt].c1ccc(P(c2ccccc2)c2ccccc2)cc1.c1ccc(P(c2ccccc2)c2ccccc2)cc1. The molecule has 47 heavy (non-hydrogen) atoms. The summed E-state index contributed by atoms with van der Waals surface area (Å²) in [5, 5.41) is 8.39. The molecule has 0 atom stereocenters. The molecule has 0 aromatic heterocycles. The van der Waals surface area contributed by atoms with Gasteiger partial charge in [-0.05, 0) is 47.7 Å². The minimum atomic E-state index is -0.446. The largest absolute Gasteiger partial charge is 0.106 e. The molecule has 0 amide bonds. The number of hydrogen-bond donors (Lipinski definition) is 0. The molecule has 6 rings (SSSR count). The summed E-state index contributed by atoms with van der Waals surface area (Å²) in [6.45, 7) is 24.0. The molecule has 6 aromatic rings. The maximum Gasteiger partial charge on any atom is 0 e. The fraction of sp³-hybridized carbons (Fsp3) is 0. The van der Waals surface area contributed by atoms with Crippen LogP contribution in [0, 0.1) is 0 Å². The molecule has 6 aromatic carbocycles. The van der Waals surface area contributed by atoms with Gasteiger partial charge in [0.15, 0.2) is 0 Å². The van der Waals surface area contributed by atoms with Crippen LogP contribution in [0.15, 0.2) is 235 Å². The van der Waals surface area contributed by atoms with Gasteiger partial charge in [0.2, 0.25) is 0 Å². The van der Waals surface area contributed by atoms with Crippen LogP contribution < -0.4 is 31.8 Å². The molecule has 0 radical (unpaired) electrons. The summed E-state index contributed by atoms with van der Waals surface area (Å²) in [5.74, 6) is 0. The average molecular weight is 832 g/mol. The third kappa shape index (κ3) is 14.4. The van der Waals surface area contributed by atoms with Crippen molar-refractivity contribution in [2.24, 2.45) is 0 Å². The molecule has 0 aliphatic rings. The molecule has 0 heterocycles. The minimum absolute atomic E-state index is 0. The van der Waals surface area contributed by atoms with E-state index in [1.54, 1.807) is 0 Å². The van der Waals surface area contributed by atoms with E-state index in [2.05, 4.69) is 235 Å². The van der Waals surface area contributed by atoms with Crippen LogP contribution in [-0.4, -0.2) is 0 Å². The van der Waals surface area contributed by atoms with Crippen LogP contribution in [0.4, 0.5) is 0 Å². The van der Waals surface area contributed by atoms with Crippen molar-refractivity contribution in [1.82, 2.24) is 0 Å². The summed E-state index contributed by atoms with van der Waals surface area (Å²) in [5.41, 5.74) is 0. The molecule has 0 N–H and O–H groups in total. The summed E-state index contributed by atoms with van der Waals surface area (Å²) in [7, 11) is -0.892. The first-order valence-corrected chi connectivity index (χ1v) is 17.5. The van der Waals surface area contributed by atoms with E-state index >= 15 is 0 Å². The van der Waals surface area contributed by atoms with Crippen molar-refractivity contribution in [2.75, 3.05) is 0 Å². The zero-order valence-electron chi connectivity index (χ0n) is 27.2. The molecule has 0 saturated heterocycles.